The summed E-state index contributed by atoms with van der Waals surface area (Å²) < 4.78 is 27.9. The Labute approximate surface area is 132 Å². The van der Waals surface area contributed by atoms with E-state index in [1.807, 2.05) is 26.2 Å². The maximum atomic E-state index is 13.1. The summed E-state index contributed by atoms with van der Waals surface area (Å²) in [6, 6.07) is 0.339. The van der Waals surface area contributed by atoms with Crippen molar-refractivity contribution in [2.45, 2.75) is 70.5 Å². The summed E-state index contributed by atoms with van der Waals surface area (Å²) in [5.41, 5.74) is 0.582. The van der Waals surface area contributed by atoms with E-state index in [0.29, 0.717) is 24.0 Å². The van der Waals surface area contributed by atoms with Crippen LogP contribution in [0.25, 0.3) is 0 Å². The molecule has 0 saturated carbocycles. The average Bonchev–Trinajstić information content (AvgIpc) is 2.89. The molecule has 0 spiro atoms. The van der Waals surface area contributed by atoms with E-state index in [0.717, 1.165) is 23.3 Å². The van der Waals surface area contributed by atoms with Crippen molar-refractivity contribution >= 4 is 21.4 Å². The van der Waals surface area contributed by atoms with Crippen LogP contribution in [0.5, 0.6) is 0 Å². The number of hydrogen-bond donors (Lipinski definition) is 1. The number of sulfonamides is 1. The van der Waals surface area contributed by atoms with Gasteiger partial charge in [0.2, 0.25) is 10.0 Å². The summed E-state index contributed by atoms with van der Waals surface area (Å²) in [5, 5.41) is 5.28. The van der Waals surface area contributed by atoms with Gasteiger partial charge in [-0.1, -0.05) is 13.8 Å². The second-order valence-corrected chi connectivity index (χ2v) is 9.46. The molecular formula is C15H26N2O2S2. The van der Waals surface area contributed by atoms with Gasteiger partial charge in [0, 0.05) is 29.5 Å². The van der Waals surface area contributed by atoms with Gasteiger partial charge in [0.05, 0.1) is 0 Å². The Morgan fingerprint density at radius 1 is 1.43 bits per heavy atom. The van der Waals surface area contributed by atoms with Crippen LogP contribution in [0.2, 0.25) is 0 Å². The molecule has 21 heavy (non-hydrogen) atoms. The second-order valence-electron chi connectivity index (χ2n) is 6.70. The number of nitrogens with one attached hydrogen (secondary N) is 1. The molecule has 1 saturated heterocycles. The van der Waals surface area contributed by atoms with Gasteiger partial charge in [-0.25, -0.2) is 8.42 Å². The second kappa shape index (κ2) is 5.99. The lowest BCUT2D eigenvalue weighted by Gasteiger charge is -2.31. The lowest BCUT2D eigenvalue weighted by Crippen LogP contribution is -2.43. The number of hydrogen-bond acceptors (Lipinski definition) is 4. The average molecular weight is 331 g/mol. The smallest absolute Gasteiger partial charge is 0.244 e. The molecule has 1 aliphatic rings. The van der Waals surface area contributed by atoms with Crippen LogP contribution >= 0.6 is 11.3 Å². The first-order chi connectivity index (χ1) is 9.66. The highest BCUT2D eigenvalue weighted by atomic mass is 32.2. The largest absolute Gasteiger partial charge is 0.310 e. The minimum Gasteiger partial charge on any atom is -0.310 e. The fraction of sp³-hybridized carbons (Fsp3) is 0.733. The van der Waals surface area contributed by atoms with Gasteiger partial charge in [0.25, 0.3) is 0 Å². The Kier molecular flexibility index (Phi) is 4.83. The molecule has 0 unspecified atom stereocenters. The van der Waals surface area contributed by atoms with Gasteiger partial charge in [-0.05, 0) is 44.6 Å². The zero-order valence-electron chi connectivity index (χ0n) is 13.6. The van der Waals surface area contributed by atoms with Gasteiger partial charge in [0.15, 0.2) is 0 Å². The summed E-state index contributed by atoms with van der Waals surface area (Å²) in [6.07, 6.45) is 1.87. The van der Waals surface area contributed by atoms with E-state index < -0.39 is 10.0 Å². The molecule has 1 aromatic heterocycles. The van der Waals surface area contributed by atoms with Crippen LogP contribution in [0.15, 0.2) is 10.3 Å². The third-order valence-corrected chi connectivity index (χ3v) is 7.61. The van der Waals surface area contributed by atoms with E-state index in [9.17, 15) is 8.42 Å². The van der Waals surface area contributed by atoms with E-state index >= 15 is 0 Å². The zero-order chi connectivity index (χ0) is 15.8. The topological polar surface area (TPSA) is 49.4 Å². The van der Waals surface area contributed by atoms with Crippen molar-refractivity contribution in [3.8, 4) is 0 Å². The molecule has 120 valence electrons. The van der Waals surface area contributed by atoms with Crippen molar-refractivity contribution in [2.75, 3.05) is 6.54 Å². The highest BCUT2D eigenvalue weighted by molar-refractivity contribution is 7.89. The number of aryl methyl sites for hydroxylation is 1. The van der Waals surface area contributed by atoms with Crippen LogP contribution in [0.3, 0.4) is 0 Å². The Morgan fingerprint density at radius 2 is 2.10 bits per heavy atom. The predicted octanol–water partition coefficient (Wildman–Crippen LogP) is 3.12. The summed E-state index contributed by atoms with van der Waals surface area (Å²) in [5.74, 6) is 0. The van der Waals surface area contributed by atoms with Gasteiger partial charge >= 0.3 is 0 Å². The van der Waals surface area contributed by atoms with E-state index in [1.54, 1.807) is 4.31 Å². The molecule has 0 radical (unpaired) electrons. The van der Waals surface area contributed by atoms with E-state index in [-0.39, 0.29) is 5.54 Å². The van der Waals surface area contributed by atoms with E-state index in [4.69, 9.17) is 0 Å². The molecule has 0 aliphatic carbocycles. The van der Waals surface area contributed by atoms with Gasteiger partial charge in [0.1, 0.15) is 4.90 Å². The molecule has 0 bridgehead atoms. The molecule has 0 atom stereocenters. The van der Waals surface area contributed by atoms with Crippen LogP contribution in [-0.4, -0.2) is 30.8 Å². The first-order valence-corrected chi connectivity index (χ1v) is 9.81. The Bertz CT molecular complexity index is 603. The van der Waals surface area contributed by atoms with E-state index in [1.165, 1.54) is 11.3 Å². The summed E-state index contributed by atoms with van der Waals surface area (Å²) in [7, 11) is -3.41. The summed E-state index contributed by atoms with van der Waals surface area (Å²) in [4.78, 5) is 1.44. The highest BCUT2D eigenvalue weighted by Crippen LogP contribution is 2.37. The van der Waals surface area contributed by atoms with Gasteiger partial charge in [-0.15, -0.1) is 11.3 Å². The Balaban J connectivity index is 2.38. The zero-order valence-corrected chi connectivity index (χ0v) is 15.2. The van der Waals surface area contributed by atoms with Gasteiger partial charge in [-0.3, -0.25) is 0 Å². The van der Waals surface area contributed by atoms with Crippen LogP contribution in [0.1, 0.15) is 51.0 Å². The lowest BCUT2D eigenvalue weighted by molar-refractivity contribution is 0.291. The molecule has 2 rings (SSSR count). The monoisotopic (exact) mass is 330 g/mol. The number of nitrogens with zero attached hydrogens (tertiary/aromatic N) is 1. The predicted molar refractivity (Wildman–Crippen MR) is 88.2 cm³/mol. The van der Waals surface area contributed by atoms with Crippen LogP contribution in [0, 0.1) is 6.92 Å². The van der Waals surface area contributed by atoms with Crippen LogP contribution in [-0.2, 0) is 16.6 Å². The molecule has 2 heterocycles. The van der Waals surface area contributed by atoms with E-state index in [2.05, 4.69) is 19.2 Å². The molecule has 0 aromatic carbocycles. The molecule has 1 N–H and O–H groups in total. The first kappa shape index (κ1) is 16.9. The lowest BCUT2D eigenvalue weighted by atomic mass is 10.0. The van der Waals surface area contributed by atoms with Gasteiger partial charge in [-0.2, -0.15) is 4.31 Å². The van der Waals surface area contributed by atoms with Crippen molar-refractivity contribution in [1.29, 1.82) is 0 Å². The van der Waals surface area contributed by atoms with Crippen molar-refractivity contribution in [3.05, 3.63) is 15.8 Å². The fourth-order valence-corrected chi connectivity index (χ4v) is 6.45. The minimum absolute atomic E-state index is 0.282. The molecule has 6 heteroatoms. The van der Waals surface area contributed by atoms with Crippen molar-refractivity contribution in [2.24, 2.45) is 0 Å². The summed E-state index contributed by atoms with van der Waals surface area (Å²) in [6.45, 7) is 11.3. The first-order valence-electron chi connectivity index (χ1n) is 7.49. The highest BCUT2D eigenvalue weighted by Gasteiger charge is 2.42. The number of rotatable bonds is 5. The standard InChI is InChI=1S/C15H26N2O2S2/c1-11(2)16-9-13-14(12(3)10-20-13)21(18,19)17-8-6-7-15(17,4)5/h10-11,16H,6-9H2,1-5H3. The molecule has 4 nitrogen and oxygen atoms in total. The fourth-order valence-electron chi connectivity index (χ4n) is 2.89. The normalized spacial score (nSPS) is 19.5. The third kappa shape index (κ3) is 3.33. The number of thiophene rings is 1. The van der Waals surface area contributed by atoms with Crippen LogP contribution in [0.4, 0.5) is 0 Å². The molecule has 1 aliphatic heterocycles. The molecule has 1 fully saturated rings. The van der Waals surface area contributed by atoms with Gasteiger partial charge < -0.3 is 5.32 Å². The quantitative estimate of drug-likeness (QED) is 0.902. The Hall–Kier alpha value is -0.430. The third-order valence-electron chi connectivity index (χ3n) is 4.03. The van der Waals surface area contributed by atoms with Crippen molar-refractivity contribution in [3.63, 3.8) is 0 Å². The van der Waals surface area contributed by atoms with Crippen LogP contribution < -0.4 is 5.32 Å². The molecule has 1 aromatic rings. The SMILES string of the molecule is Cc1csc(CNC(C)C)c1S(=O)(=O)N1CCCC1(C)C. The molecule has 0 amide bonds. The molecular weight excluding hydrogens is 304 g/mol. The van der Waals surface area contributed by atoms with Crippen molar-refractivity contribution in [1.82, 2.24) is 9.62 Å². The maximum absolute atomic E-state index is 13.1. The maximum Gasteiger partial charge on any atom is 0.244 e. The Morgan fingerprint density at radius 3 is 2.62 bits per heavy atom. The van der Waals surface area contributed by atoms with Crippen molar-refractivity contribution < 1.29 is 8.42 Å². The minimum atomic E-state index is -3.41. The summed E-state index contributed by atoms with van der Waals surface area (Å²) >= 11 is 1.54.